The SMILES string of the molecule is Cc1nc(-c2ccc(NC(=O)c3ccc(S(=O)(=O)N4CCCCC4C)cc3)cc2)cs1. The third kappa shape index (κ3) is 4.71. The fourth-order valence-corrected chi connectivity index (χ4v) is 6.09. The van der Waals surface area contributed by atoms with Crippen molar-refractivity contribution >= 4 is 33.0 Å². The summed E-state index contributed by atoms with van der Waals surface area (Å²) in [6.45, 7) is 4.45. The Kier molecular flexibility index (Phi) is 6.22. The smallest absolute Gasteiger partial charge is 0.255 e. The lowest BCUT2D eigenvalue weighted by Crippen LogP contribution is -2.41. The number of carbonyl (C=O) groups is 1. The van der Waals surface area contributed by atoms with Gasteiger partial charge in [-0.2, -0.15) is 4.31 Å². The number of benzene rings is 2. The number of hydrogen-bond acceptors (Lipinski definition) is 5. The number of anilines is 1. The highest BCUT2D eigenvalue weighted by atomic mass is 32.2. The second kappa shape index (κ2) is 8.90. The van der Waals surface area contributed by atoms with Gasteiger partial charge < -0.3 is 5.32 Å². The molecule has 1 aromatic heterocycles. The molecule has 3 aromatic rings. The Labute approximate surface area is 187 Å². The third-order valence-corrected chi connectivity index (χ3v) is 8.32. The highest BCUT2D eigenvalue weighted by Gasteiger charge is 2.30. The van der Waals surface area contributed by atoms with E-state index in [1.807, 2.05) is 43.5 Å². The van der Waals surface area contributed by atoms with E-state index in [1.54, 1.807) is 27.8 Å². The number of nitrogens with one attached hydrogen (secondary N) is 1. The van der Waals surface area contributed by atoms with Crippen molar-refractivity contribution in [1.29, 1.82) is 0 Å². The third-order valence-electron chi connectivity index (χ3n) is 5.52. The van der Waals surface area contributed by atoms with Gasteiger partial charge in [-0.3, -0.25) is 4.79 Å². The van der Waals surface area contributed by atoms with Gasteiger partial charge in [0.25, 0.3) is 5.91 Å². The molecule has 2 heterocycles. The van der Waals surface area contributed by atoms with Crippen LogP contribution in [-0.2, 0) is 10.0 Å². The van der Waals surface area contributed by atoms with Crippen LogP contribution in [0.1, 0.15) is 41.6 Å². The van der Waals surface area contributed by atoms with Crippen LogP contribution in [0.5, 0.6) is 0 Å². The predicted molar refractivity (Wildman–Crippen MR) is 124 cm³/mol. The van der Waals surface area contributed by atoms with Crippen molar-refractivity contribution in [3.8, 4) is 11.3 Å². The second-order valence-electron chi connectivity index (χ2n) is 7.77. The molecule has 1 amide bonds. The van der Waals surface area contributed by atoms with E-state index >= 15 is 0 Å². The minimum absolute atomic E-state index is 0.00195. The van der Waals surface area contributed by atoms with E-state index in [0.29, 0.717) is 17.8 Å². The summed E-state index contributed by atoms with van der Waals surface area (Å²) in [5.74, 6) is -0.285. The largest absolute Gasteiger partial charge is 0.322 e. The molecule has 0 aliphatic carbocycles. The number of aromatic nitrogens is 1. The Morgan fingerprint density at radius 2 is 1.81 bits per heavy atom. The molecule has 0 saturated carbocycles. The molecule has 31 heavy (non-hydrogen) atoms. The lowest BCUT2D eigenvalue weighted by Gasteiger charge is -2.32. The molecule has 1 saturated heterocycles. The fourth-order valence-electron chi connectivity index (χ4n) is 3.77. The van der Waals surface area contributed by atoms with Crippen LogP contribution in [0.4, 0.5) is 5.69 Å². The first-order chi connectivity index (χ1) is 14.8. The molecule has 4 rings (SSSR count). The minimum atomic E-state index is -3.55. The molecular formula is C23H25N3O3S2. The molecule has 0 bridgehead atoms. The lowest BCUT2D eigenvalue weighted by atomic mass is 10.1. The van der Waals surface area contributed by atoms with Crippen LogP contribution in [0.15, 0.2) is 58.8 Å². The van der Waals surface area contributed by atoms with Gasteiger partial charge in [-0.1, -0.05) is 18.6 Å². The quantitative estimate of drug-likeness (QED) is 0.591. The Bertz CT molecular complexity index is 1170. The van der Waals surface area contributed by atoms with E-state index < -0.39 is 10.0 Å². The molecule has 1 atom stereocenters. The first kappa shape index (κ1) is 21.7. The summed E-state index contributed by atoms with van der Waals surface area (Å²) in [7, 11) is -3.55. The summed E-state index contributed by atoms with van der Waals surface area (Å²) in [6.07, 6.45) is 2.81. The number of amides is 1. The molecule has 0 radical (unpaired) electrons. The molecule has 1 unspecified atom stereocenters. The van der Waals surface area contributed by atoms with Gasteiger partial charge in [0.1, 0.15) is 0 Å². The van der Waals surface area contributed by atoms with Crippen molar-refractivity contribution < 1.29 is 13.2 Å². The zero-order valence-electron chi connectivity index (χ0n) is 17.5. The van der Waals surface area contributed by atoms with Gasteiger partial charge >= 0.3 is 0 Å². The van der Waals surface area contributed by atoms with Crippen LogP contribution in [0.2, 0.25) is 0 Å². The number of rotatable bonds is 5. The lowest BCUT2D eigenvalue weighted by molar-refractivity contribution is 0.102. The van der Waals surface area contributed by atoms with Crippen LogP contribution in [0.25, 0.3) is 11.3 Å². The molecule has 1 aliphatic heterocycles. The van der Waals surface area contributed by atoms with Gasteiger partial charge in [0, 0.05) is 34.8 Å². The molecule has 2 aromatic carbocycles. The Morgan fingerprint density at radius 1 is 1.10 bits per heavy atom. The van der Waals surface area contributed by atoms with Gasteiger partial charge in [0.15, 0.2) is 0 Å². The second-order valence-corrected chi connectivity index (χ2v) is 10.7. The molecule has 1 N–H and O–H groups in total. The summed E-state index contributed by atoms with van der Waals surface area (Å²) in [4.78, 5) is 17.3. The number of sulfonamides is 1. The summed E-state index contributed by atoms with van der Waals surface area (Å²) in [6, 6.07) is 13.6. The standard InChI is InChI=1S/C23H25N3O3S2/c1-16-5-3-4-14-26(16)31(28,29)21-12-8-19(9-13-21)23(27)25-20-10-6-18(7-11-20)22-15-30-17(2)24-22/h6-13,15-16H,3-5,14H2,1-2H3,(H,25,27). The number of hydrogen-bond donors (Lipinski definition) is 1. The number of carbonyl (C=O) groups excluding carboxylic acids is 1. The summed E-state index contributed by atoms with van der Waals surface area (Å²) in [5.41, 5.74) is 2.98. The van der Waals surface area contributed by atoms with Gasteiger partial charge in [-0.05, 0) is 63.1 Å². The molecule has 6 nitrogen and oxygen atoms in total. The van der Waals surface area contributed by atoms with E-state index in [2.05, 4.69) is 10.3 Å². The van der Waals surface area contributed by atoms with Gasteiger partial charge in [-0.15, -0.1) is 11.3 Å². The maximum Gasteiger partial charge on any atom is 0.255 e. The molecular weight excluding hydrogens is 430 g/mol. The fraction of sp³-hybridized carbons (Fsp3) is 0.304. The normalized spacial score (nSPS) is 17.4. The van der Waals surface area contributed by atoms with E-state index in [1.165, 1.54) is 12.1 Å². The first-order valence-corrected chi connectivity index (χ1v) is 12.6. The maximum atomic E-state index is 12.9. The summed E-state index contributed by atoms with van der Waals surface area (Å²) < 4.78 is 27.4. The number of piperidine rings is 1. The number of thiazole rings is 1. The zero-order chi connectivity index (χ0) is 22.0. The molecule has 8 heteroatoms. The van der Waals surface area contributed by atoms with Gasteiger partial charge in [-0.25, -0.2) is 13.4 Å². The first-order valence-electron chi connectivity index (χ1n) is 10.3. The van der Waals surface area contributed by atoms with E-state index in [4.69, 9.17) is 0 Å². The van der Waals surface area contributed by atoms with Crippen LogP contribution >= 0.6 is 11.3 Å². The Morgan fingerprint density at radius 3 is 2.42 bits per heavy atom. The average molecular weight is 456 g/mol. The summed E-state index contributed by atoms with van der Waals surface area (Å²) >= 11 is 1.60. The predicted octanol–water partition coefficient (Wildman–Crippen LogP) is 4.93. The van der Waals surface area contributed by atoms with Gasteiger partial charge in [0.2, 0.25) is 10.0 Å². The van der Waals surface area contributed by atoms with Crippen molar-refractivity contribution in [2.45, 2.75) is 44.0 Å². The molecule has 0 spiro atoms. The Hall–Kier alpha value is -2.55. The monoisotopic (exact) mass is 455 g/mol. The average Bonchev–Trinajstić information content (AvgIpc) is 3.21. The van der Waals surface area contributed by atoms with E-state index in [-0.39, 0.29) is 16.8 Å². The summed E-state index contributed by atoms with van der Waals surface area (Å²) in [5, 5.41) is 5.86. The van der Waals surface area contributed by atoms with Crippen molar-refractivity contribution in [2.75, 3.05) is 11.9 Å². The van der Waals surface area contributed by atoms with Gasteiger partial charge in [0.05, 0.1) is 15.6 Å². The van der Waals surface area contributed by atoms with Crippen molar-refractivity contribution in [3.63, 3.8) is 0 Å². The highest BCUT2D eigenvalue weighted by molar-refractivity contribution is 7.89. The van der Waals surface area contributed by atoms with Crippen LogP contribution in [0.3, 0.4) is 0 Å². The minimum Gasteiger partial charge on any atom is -0.322 e. The highest BCUT2D eigenvalue weighted by Crippen LogP contribution is 2.26. The van der Waals surface area contributed by atoms with E-state index in [0.717, 1.165) is 35.5 Å². The molecule has 1 fully saturated rings. The molecule has 162 valence electrons. The number of nitrogens with zero attached hydrogens (tertiary/aromatic N) is 2. The Balaban J connectivity index is 1.45. The molecule has 1 aliphatic rings. The van der Waals surface area contributed by atoms with Crippen LogP contribution < -0.4 is 5.32 Å². The van der Waals surface area contributed by atoms with E-state index in [9.17, 15) is 13.2 Å². The maximum absolute atomic E-state index is 12.9. The number of aryl methyl sites for hydroxylation is 1. The van der Waals surface area contributed by atoms with Crippen LogP contribution in [-0.4, -0.2) is 36.2 Å². The van der Waals surface area contributed by atoms with Crippen LogP contribution in [0, 0.1) is 6.92 Å². The van der Waals surface area contributed by atoms with Crippen molar-refractivity contribution in [3.05, 3.63) is 64.5 Å². The topological polar surface area (TPSA) is 79.4 Å². The van der Waals surface area contributed by atoms with Crippen molar-refractivity contribution in [2.24, 2.45) is 0 Å². The van der Waals surface area contributed by atoms with Crippen molar-refractivity contribution in [1.82, 2.24) is 9.29 Å². The zero-order valence-corrected chi connectivity index (χ0v) is 19.2.